The molecule has 5 nitrogen and oxygen atoms in total. The lowest BCUT2D eigenvalue weighted by Gasteiger charge is -2.23. The molecule has 0 radical (unpaired) electrons. The molecule has 0 bridgehead atoms. The zero-order valence-corrected chi connectivity index (χ0v) is 17.5. The number of hydrogen-bond acceptors (Lipinski definition) is 5. The van der Waals surface area contributed by atoms with Crippen LogP contribution in [0.5, 0.6) is 0 Å². The minimum atomic E-state index is -0.0301. The van der Waals surface area contributed by atoms with Gasteiger partial charge in [0.15, 0.2) is 11.8 Å². The van der Waals surface area contributed by atoms with Crippen molar-refractivity contribution >= 4 is 38.8 Å². The first-order chi connectivity index (χ1) is 14.3. The Morgan fingerprint density at radius 3 is 2.76 bits per heavy atom. The van der Waals surface area contributed by atoms with E-state index in [4.69, 9.17) is 9.40 Å². The number of furan rings is 1. The molecule has 5 rings (SSSR count). The van der Waals surface area contributed by atoms with Gasteiger partial charge in [0, 0.05) is 12.8 Å². The van der Waals surface area contributed by atoms with Crippen LogP contribution in [0.1, 0.15) is 34.3 Å². The van der Waals surface area contributed by atoms with Crippen LogP contribution in [0, 0.1) is 0 Å². The highest BCUT2D eigenvalue weighted by molar-refractivity contribution is 7.26. The van der Waals surface area contributed by atoms with E-state index in [-0.39, 0.29) is 11.9 Å². The van der Waals surface area contributed by atoms with Crippen molar-refractivity contribution in [2.24, 2.45) is 0 Å². The number of nitrogens with one attached hydrogen (secondary N) is 2. The standard InChI is InChI=1S/C22H21N3O2S2/c26-21(23-14-16(17-7-5-13-27-17)25-11-3-4-12-25)19-9-10-20(28-19)22-24-15-6-1-2-8-18(15)29-22/h1-2,5-10,13,16H,3-4,11-12,14H2,(H,23,26)/p+1/t16-/m1/s1. The second-order valence-electron chi connectivity index (χ2n) is 7.29. The second kappa shape index (κ2) is 8.10. The number of thiazole rings is 1. The van der Waals surface area contributed by atoms with E-state index in [1.54, 1.807) is 17.6 Å². The minimum Gasteiger partial charge on any atom is -0.463 e. The number of quaternary nitrogens is 1. The summed E-state index contributed by atoms with van der Waals surface area (Å²) in [6.45, 7) is 2.83. The van der Waals surface area contributed by atoms with Crippen molar-refractivity contribution in [1.29, 1.82) is 0 Å². The van der Waals surface area contributed by atoms with Crippen molar-refractivity contribution in [3.63, 3.8) is 0 Å². The van der Waals surface area contributed by atoms with Crippen LogP contribution in [0.25, 0.3) is 20.1 Å². The Kier molecular flexibility index (Phi) is 5.18. The molecule has 7 heteroatoms. The minimum absolute atomic E-state index is 0.0301. The Bertz CT molecular complexity index is 1080. The van der Waals surface area contributed by atoms with Gasteiger partial charge in [0.25, 0.3) is 5.91 Å². The Labute approximate surface area is 177 Å². The number of thiophene rings is 1. The van der Waals surface area contributed by atoms with Crippen LogP contribution < -0.4 is 10.2 Å². The van der Waals surface area contributed by atoms with Crippen LogP contribution in [-0.4, -0.2) is 30.5 Å². The number of carbonyl (C=O) groups is 1. The summed E-state index contributed by atoms with van der Waals surface area (Å²) in [5.41, 5.74) is 1.00. The lowest BCUT2D eigenvalue weighted by molar-refractivity contribution is -0.919. The van der Waals surface area contributed by atoms with Crippen LogP contribution in [0.15, 0.2) is 59.2 Å². The predicted octanol–water partition coefficient (Wildman–Crippen LogP) is 3.77. The fourth-order valence-corrected chi connectivity index (χ4v) is 5.89. The van der Waals surface area contributed by atoms with Gasteiger partial charge in [-0.1, -0.05) is 12.1 Å². The molecule has 4 heterocycles. The first kappa shape index (κ1) is 18.5. The van der Waals surface area contributed by atoms with Gasteiger partial charge in [0.2, 0.25) is 0 Å². The molecule has 1 aliphatic rings. The molecule has 4 aromatic rings. The van der Waals surface area contributed by atoms with Gasteiger partial charge in [-0.2, -0.15) is 0 Å². The summed E-state index contributed by atoms with van der Waals surface area (Å²) in [4.78, 5) is 20.7. The fraction of sp³-hybridized carbons (Fsp3) is 0.273. The number of likely N-dealkylation sites (tertiary alicyclic amines) is 1. The highest BCUT2D eigenvalue weighted by atomic mass is 32.1. The van der Waals surface area contributed by atoms with Gasteiger partial charge >= 0.3 is 0 Å². The molecule has 1 amide bonds. The maximum absolute atomic E-state index is 12.8. The van der Waals surface area contributed by atoms with Gasteiger partial charge in [0.05, 0.1) is 45.9 Å². The Morgan fingerprint density at radius 2 is 1.97 bits per heavy atom. The number of aromatic nitrogens is 1. The molecule has 0 unspecified atom stereocenters. The van der Waals surface area contributed by atoms with Crippen molar-refractivity contribution in [2.75, 3.05) is 19.6 Å². The van der Waals surface area contributed by atoms with E-state index >= 15 is 0 Å². The smallest absolute Gasteiger partial charge is 0.261 e. The summed E-state index contributed by atoms with van der Waals surface area (Å²) in [6, 6.07) is 16.1. The summed E-state index contributed by atoms with van der Waals surface area (Å²) >= 11 is 3.16. The van der Waals surface area contributed by atoms with E-state index in [2.05, 4.69) is 11.4 Å². The van der Waals surface area contributed by atoms with E-state index < -0.39 is 0 Å². The molecule has 0 saturated carbocycles. The third-order valence-electron chi connectivity index (χ3n) is 5.43. The van der Waals surface area contributed by atoms with Gasteiger partial charge in [-0.25, -0.2) is 4.98 Å². The van der Waals surface area contributed by atoms with Gasteiger partial charge in [-0.3, -0.25) is 4.79 Å². The van der Waals surface area contributed by atoms with Gasteiger partial charge in [-0.15, -0.1) is 22.7 Å². The number of amides is 1. The van der Waals surface area contributed by atoms with Crippen molar-refractivity contribution in [2.45, 2.75) is 18.9 Å². The van der Waals surface area contributed by atoms with Gasteiger partial charge in [0.1, 0.15) is 5.01 Å². The van der Waals surface area contributed by atoms with Crippen LogP contribution in [-0.2, 0) is 0 Å². The second-order valence-corrected chi connectivity index (χ2v) is 9.41. The molecule has 1 aromatic carbocycles. The molecule has 148 valence electrons. The first-order valence-electron chi connectivity index (χ1n) is 9.90. The molecule has 2 N–H and O–H groups in total. The third-order valence-corrected chi connectivity index (χ3v) is 7.72. The fourth-order valence-electron chi connectivity index (χ4n) is 3.95. The summed E-state index contributed by atoms with van der Waals surface area (Å²) in [7, 11) is 0. The molecule has 29 heavy (non-hydrogen) atoms. The van der Waals surface area contributed by atoms with E-state index in [9.17, 15) is 4.79 Å². The Hall–Kier alpha value is -2.48. The summed E-state index contributed by atoms with van der Waals surface area (Å²) in [6.07, 6.45) is 4.18. The SMILES string of the molecule is O=C(NC[C@H](c1ccco1)[NH+]1CCCC1)c1ccc(-c2nc3ccccc3s2)s1. The lowest BCUT2D eigenvalue weighted by atomic mass is 10.2. The predicted molar refractivity (Wildman–Crippen MR) is 117 cm³/mol. The zero-order chi connectivity index (χ0) is 19.6. The molecule has 0 aliphatic carbocycles. The van der Waals surface area contributed by atoms with Crippen LogP contribution in [0.4, 0.5) is 0 Å². The summed E-state index contributed by atoms with van der Waals surface area (Å²) in [5.74, 6) is 0.918. The third kappa shape index (κ3) is 3.85. The van der Waals surface area contributed by atoms with Gasteiger partial charge < -0.3 is 14.6 Å². The molecule has 1 aliphatic heterocycles. The highest BCUT2D eigenvalue weighted by Crippen LogP contribution is 2.34. The van der Waals surface area contributed by atoms with E-state index in [1.165, 1.54) is 29.1 Å². The Balaban J connectivity index is 1.29. The maximum atomic E-state index is 12.8. The molecule has 1 fully saturated rings. The van der Waals surface area contributed by atoms with Crippen molar-refractivity contribution in [1.82, 2.24) is 10.3 Å². The van der Waals surface area contributed by atoms with Crippen LogP contribution in [0.3, 0.4) is 0 Å². The molecular formula is C22H22N3O2S2+. The topological polar surface area (TPSA) is 59.6 Å². The number of benzene rings is 1. The maximum Gasteiger partial charge on any atom is 0.261 e. The van der Waals surface area contributed by atoms with E-state index in [1.807, 2.05) is 42.5 Å². The molecule has 3 aromatic heterocycles. The highest BCUT2D eigenvalue weighted by Gasteiger charge is 2.30. The summed E-state index contributed by atoms with van der Waals surface area (Å²) in [5, 5.41) is 4.09. The van der Waals surface area contributed by atoms with E-state index in [0.29, 0.717) is 11.4 Å². The number of hydrogen-bond donors (Lipinski definition) is 2. The van der Waals surface area contributed by atoms with Crippen molar-refractivity contribution < 1.29 is 14.1 Å². The number of rotatable bonds is 6. The van der Waals surface area contributed by atoms with Crippen LogP contribution >= 0.6 is 22.7 Å². The molecule has 1 atom stereocenters. The zero-order valence-electron chi connectivity index (χ0n) is 15.9. The number of para-hydroxylation sites is 1. The molecular weight excluding hydrogens is 402 g/mol. The number of carbonyl (C=O) groups excluding carboxylic acids is 1. The monoisotopic (exact) mass is 424 g/mol. The number of nitrogens with zero attached hydrogens (tertiary/aromatic N) is 1. The Morgan fingerprint density at radius 1 is 1.10 bits per heavy atom. The van der Waals surface area contributed by atoms with Crippen molar-refractivity contribution in [3.05, 3.63) is 65.4 Å². The average Bonchev–Trinajstić information content (AvgIpc) is 3.55. The summed E-state index contributed by atoms with van der Waals surface area (Å²) < 4.78 is 6.82. The van der Waals surface area contributed by atoms with E-state index in [0.717, 1.165) is 39.0 Å². The average molecular weight is 425 g/mol. The normalized spacial score (nSPS) is 15.7. The van der Waals surface area contributed by atoms with Crippen molar-refractivity contribution in [3.8, 4) is 9.88 Å². The van der Waals surface area contributed by atoms with Gasteiger partial charge in [-0.05, 0) is 36.4 Å². The largest absolute Gasteiger partial charge is 0.463 e. The molecule has 0 spiro atoms. The molecule has 1 saturated heterocycles. The quantitative estimate of drug-likeness (QED) is 0.495. The van der Waals surface area contributed by atoms with Crippen LogP contribution in [0.2, 0.25) is 0 Å². The lowest BCUT2D eigenvalue weighted by Crippen LogP contribution is -3.11. The number of fused-ring (bicyclic) bond motifs is 1. The first-order valence-corrected chi connectivity index (χ1v) is 11.5.